The van der Waals surface area contributed by atoms with Crippen LogP contribution in [0.3, 0.4) is 0 Å². The summed E-state index contributed by atoms with van der Waals surface area (Å²) in [5.41, 5.74) is 1.04. The minimum atomic E-state index is -3.23. The van der Waals surface area contributed by atoms with E-state index in [4.69, 9.17) is 0 Å². The molecule has 2 N–H and O–H groups in total. The van der Waals surface area contributed by atoms with Gasteiger partial charge < -0.3 is 10.6 Å². The highest BCUT2D eigenvalue weighted by Crippen LogP contribution is 2.25. The number of nitrogens with one attached hydrogen (secondary N) is 2. The zero-order chi connectivity index (χ0) is 18.6. The maximum atomic E-state index is 12.1. The van der Waals surface area contributed by atoms with E-state index in [1.54, 1.807) is 24.3 Å². The summed E-state index contributed by atoms with van der Waals surface area (Å²) in [6.07, 6.45) is 6.95. The van der Waals surface area contributed by atoms with Crippen molar-refractivity contribution in [2.45, 2.75) is 51.0 Å². The van der Waals surface area contributed by atoms with Gasteiger partial charge in [0.1, 0.15) is 0 Å². The predicted octanol–water partition coefficient (Wildman–Crippen LogP) is 2.00. The number of nitrogens with zero attached hydrogens (tertiary/aromatic N) is 1. The van der Waals surface area contributed by atoms with Crippen molar-refractivity contribution in [1.82, 2.24) is 5.32 Å². The van der Waals surface area contributed by atoms with Crippen molar-refractivity contribution in [3.63, 3.8) is 0 Å². The molecule has 0 spiro atoms. The van der Waals surface area contributed by atoms with Crippen LogP contribution in [0.25, 0.3) is 0 Å². The molecule has 2 fully saturated rings. The smallest absolute Gasteiger partial charge is 0.313 e. The molecule has 0 bridgehead atoms. The fourth-order valence-corrected chi connectivity index (χ4v) is 5.07. The summed E-state index contributed by atoms with van der Waals surface area (Å²) < 4.78 is 25.2. The van der Waals surface area contributed by atoms with Crippen LogP contribution in [-0.2, 0) is 19.6 Å². The molecule has 1 saturated heterocycles. The van der Waals surface area contributed by atoms with Crippen molar-refractivity contribution >= 4 is 33.2 Å². The Hall–Kier alpha value is -2.09. The van der Waals surface area contributed by atoms with Gasteiger partial charge in [-0.2, -0.15) is 0 Å². The van der Waals surface area contributed by atoms with E-state index in [0.717, 1.165) is 25.7 Å². The number of hydrogen-bond acceptors (Lipinski definition) is 4. The second kappa shape index (κ2) is 8.07. The van der Waals surface area contributed by atoms with Crippen molar-refractivity contribution in [2.75, 3.05) is 21.9 Å². The van der Waals surface area contributed by atoms with Crippen LogP contribution in [-0.4, -0.2) is 38.6 Å². The number of amides is 2. The van der Waals surface area contributed by atoms with Crippen molar-refractivity contribution in [1.29, 1.82) is 0 Å². The number of carbonyl (C=O) groups excluding carboxylic acids is 2. The highest BCUT2D eigenvalue weighted by molar-refractivity contribution is 7.93. The molecule has 0 aromatic heterocycles. The largest absolute Gasteiger partial charge is 0.345 e. The molecule has 0 unspecified atom stereocenters. The van der Waals surface area contributed by atoms with Gasteiger partial charge in [0.25, 0.3) is 0 Å². The second-order valence-electron chi connectivity index (χ2n) is 6.90. The molecule has 1 aromatic carbocycles. The minimum absolute atomic E-state index is 0.0681. The van der Waals surface area contributed by atoms with E-state index < -0.39 is 21.8 Å². The maximum Gasteiger partial charge on any atom is 0.313 e. The number of anilines is 2. The van der Waals surface area contributed by atoms with Gasteiger partial charge in [-0.15, -0.1) is 0 Å². The van der Waals surface area contributed by atoms with Crippen LogP contribution in [0, 0.1) is 0 Å². The van der Waals surface area contributed by atoms with Gasteiger partial charge in [0.05, 0.1) is 11.4 Å². The third kappa shape index (κ3) is 4.55. The van der Waals surface area contributed by atoms with Crippen molar-refractivity contribution in [3.8, 4) is 0 Å². The number of rotatable bonds is 3. The molecule has 26 heavy (non-hydrogen) atoms. The molecular weight excluding hydrogens is 354 g/mol. The summed E-state index contributed by atoms with van der Waals surface area (Å²) in [7, 11) is -3.23. The number of carbonyl (C=O) groups is 2. The summed E-state index contributed by atoms with van der Waals surface area (Å²) in [6, 6.07) is 6.57. The molecule has 2 aliphatic rings. The van der Waals surface area contributed by atoms with Crippen molar-refractivity contribution in [2.24, 2.45) is 0 Å². The lowest BCUT2D eigenvalue weighted by Gasteiger charge is -2.17. The molecule has 0 radical (unpaired) electrons. The average Bonchev–Trinajstić information content (AvgIpc) is 2.81. The fourth-order valence-electron chi connectivity index (χ4n) is 3.50. The van der Waals surface area contributed by atoms with E-state index in [1.807, 2.05) is 0 Å². The van der Waals surface area contributed by atoms with Gasteiger partial charge >= 0.3 is 11.8 Å². The van der Waals surface area contributed by atoms with Crippen LogP contribution in [0.1, 0.15) is 44.9 Å². The van der Waals surface area contributed by atoms with Crippen LogP contribution in [0.2, 0.25) is 0 Å². The Morgan fingerprint density at radius 1 is 0.923 bits per heavy atom. The lowest BCUT2D eigenvalue weighted by atomic mass is 10.1. The van der Waals surface area contributed by atoms with Crippen LogP contribution in [0.15, 0.2) is 24.3 Å². The Bertz CT molecular complexity index is 753. The third-order valence-electron chi connectivity index (χ3n) is 4.91. The topological polar surface area (TPSA) is 95.6 Å². The molecular formula is C18H25N3O4S. The SMILES string of the molecule is O=C(Nc1ccc(N2CCCS2(=O)=O)cc1)C(=O)NC1CCCCCC1. The Labute approximate surface area is 154 Å². The molecule has 1 aliphatic carbocycles. The zero-order valence-corrected chi connectivity index (χ0v) is 15.6. The fraction of sp³-hybridized carbons (Fsp3) is 0.556. The van der Waals surface area contributed by atoms with E-state index >= 15 is 0 Å². The highest BCUT2D eigenvalue weighted by atomic mass is 32.2. The summed E-state index contributed by atoms with van der Waals surface area (Å²) in [5, 5.41) is 5.37. The Balaban J connectivity index is 1.56. The van der Waals surface area contributed by atoms with Gasteiger partial charge in [-0.05, 0) is 43.5 Å². The zero-order valence-electron chi connectivity index (χ0n) is 14.7. The predicted molar refractivity (Wildman–Crippen MR) is 100 cm³/mol. The quantitative estimate of drug-likeness (QED) is 0.620. The second-order valence-corrected chi connectivity index (χ2v) is 8.92. The van der Waals surface area contributed by atoms with Gasteiger partial charge in [0.2, 0.25) is 10.0 Å². The van der Waals surface area contributed by atoms with Gasteiger partial charge in [-0.25, -0.2) is 8.42 Å². The molecule has 1 aliphatic heterocycles. The first kappa shape index (κ1) is 18.7. The Morgan fingerprint density at radius 2 is 1.58 bits per heavy atom. The molecule has 2 amide bonds. The Morgan fingerprint density at radius 3 is 2.15 bits per heavy atom. The van der Waals surface area contributed by atoms with Crippen LogP contribution >= 0.6 is 0 Å². The van der Waals surface area contributed by atoms with E-state index in [1.165, 1.54) is 17.1 Å². The van der Waals surface area contributed by atoms with Crippen molar-refractivity contribution in [3.05, 3.63) is 24.3 Å². The van der Waals surface area contributed by atoms with Crippen LogP contribution in [0.4, 0.5) is 11.4 Å². The highest BCUT2D eigenvalue weighted by Gasteiger charge is 2.28. The van der Waals surface area contributed by atoms with Crippen molar-refractivity contribution < 1.29 is 18.0 Å². The minimum Gasteiger partial charge on any atom is -0.345 e. The van der Waals surface area contributed by atoms with Gasteiger partial charge in [0.15, 0.2) is 0 Å². The third-order valence-corrected chi connectivity index (χ3v) is 6.78. The molecule has 0 atom stereocenters. The summed E-state index contributed by atoms with van der Waals surface area (Å²) in [4.78, 5) is 24.2. The first-order valence-electron chi connectivity index (χ1n) is 9.18. The van der Waals surface area contributed by atoms with Gasteiger partial charge in [-0.3, -0.25) is 13.9 Å². The van der Waals surface area contributed by atoms with Gasteiger partial charge in [-0.1, -0.05) is 25.7 Å². The molecule has 1 heterocycles. The number of sulfonamides is 1. The van der Waals surface area contributed by atoms with E-state index in [9.17, 15) is 18.0 Å². The molecule has 1 saturated carbocycles. The first-order valence-corrected chi connectivity index (χ1v) is 10.8. The summed E-state index contributed by atoms with van der Waals surface area (Å²) >= 11 is 0. The first-order chi connectivity index (χ1) is 12.5. The lowest BCUT2D eigenvalue weighted by molar-refractivity contribution is -0.136. The molecule has 1 aromatic rings. The van der Waals surface area contributed by atoms with E-state index in [-0.39, 0.29) is 11.8 Å². The molecule has 142 valence electrons. The summed E-state index contributed by atoms with van der Waals surface area (Å²) in [5.74, 6) is -1.16. The molecule has 3 rings (SSSR count). The van der Waals surface area contributed by atoms with Gasteiger partial charge in [0, 0.05) is 18.3 Å². The monoisotopic (exact) mass is 379 g/mol. The molecule has 8 heteroatoms. The normalized spacial score (nSPS) is 20.4. The molecule has 7 nitrogen and oxygen atoms in total. The van der Waals surface area contributed by atoms with E-state index in [2.05, 4.69) is 10.6 Å². The average molecular weight is 379 g/mol. The van der Waals surface area contributed by atoms with Crippen LogP contribution < -0.4 is 14.9 Å². The summed E-state index contributed by atoms with van der Waals surface area (Å²) in [6.45, 7) is 0.470. The van der Waals surface area contributed by atoms with Crippen LogP contribution in [0.5, 0.6) is 0 Å². The standard InChI is InChI=1S/C18H25N3O4S/c22-17(19-14-6-3-1-2-4-7-14)18(23)20-15-8-10-16(11-9-15)21-12-5-13-26(21,24)25/h8-11,14H,1-7,12-13H2,(H,19,22)(H,20,23). The number of benzene rings is 1. The lowest BCUT2D eigenvalue weighted by Crippen LogP contribution is -2.41. The Kier molecular flexibility index (Phi) is 5.80. The maximum absolute atomic E-state index is 12.1. The number of hydrogen-bond donors (Lipinski definition) is 2. The van der Waals surface area contributed by atoms with E-state index in [0.29, 0.717) is 24.3 Å².